The lowest BCUT2D eigenvalue weighted by molar-refractivity contribution is -0.145. The monoisotopic (exact) mass is 416 g/mol. The molecule has 5 aliphatic rings. The van der Waals surface area contributed by atoms with Crippen LogP contribution in [0.4, 0.5) is 0 Å². The summed E-state index contributed by atoms with van der Waals surface area (Å²) in [5.74, 6) is 3.21. The van der Waals surface area contributed by atoms with Gasteiger partial charge in [0.05, 0.1) is 5.76 Å². The summed E-state index contributed by atoms with van der Waals surface area (Å²) in [5, 5.41) is 0. The average Bonchev–Trinajstić information content (AvgIpc) is 3.06. The smallest absolute Gasteiger partial charge is 0.302 e. The summed E-state index contributed by atoms with van der Waals surface area (Å²) in [6.45, 7) is 10.5. The molecule has 0 spiro atoms. The average molecular weight is 417 g/mol. The highest BCUT2D eigenvalue weighted by atomic mass is 28.4. The second-order valence-corrected chi connectivity index (χ2v) is 16.2. The zero-order chi connectivity index (χ0) is 20.8. The summed E-state index contributed by atoms with van der Waals surface area (Å²) < 4.78 is 12.4. The Labute approximate surface area is 175 Å². The first kappa shape index (κ1) is 19.8. The Morgan fingerprint density at radius 3 is 2.52 bits per heavy atom. The summed E-state index contributed by atoms with van der Waals surface area (Å²) in [6.07, 6.45) is 10.6. The van der Waals surface area contributed by atoms with E-state index < -0.39 is 8.32 Å². The van der Waals surface area contributed by atoms with E-state index in [-0.39, 0.29) is 28.3 Å². The lowest BCUT2D eigenvalue weighted by Gasteiger charge is -2.52. The number of Topliss-reactive ketones (excluding diaryl/α,β-unsaturated/α-hetero) is 1. The maximum atomic E-state index is 12.7. The van der Waals surface area contributed by atoms with Gasteiger partial charge in [0, 0.05) is 36.0 Å². The molecule has 29 heavy (non-hydrogen) atoms. The number of fused-ring (bicyclic) bond motifs is 3. The van der Waals surface area contributed by atoms with Crippen LogP contribution >= 0.6 is 0 Å². The number of esters is 1. The van der Waals surface area contributed by atoms with Gasteiger partial charge in [-0.25, -0.2) is 0 Å². The Kier molecular flexibility index (Phi) is 4.09. The number of allylic oxidation sites excluding steroid dienone is 1. The fourth-order valence-electron chi connectivity index (χ4n) is 8.39. The molecule has 4 nitrogen and oxygen atoms in total. The molecule has 0 saturated heterocycles. The molecule has 0 aromatic heterocycles. The molecular weight excluding hydrogens is 380 g/mol. The van der Waals surface area contributed by atoms with Gasteiger partial charge in [-0.2, -0.15) is 0 Å². The molecular formula is C24H36O4Si. The first-order valence-corrected chi connectivity index (χ1v) is 15.1. The minimum absolute atomic E-state index is 0.00620. The molecule has 0 heterocycles. The fraction of sp³-hybridized carbons (Fsp3) is 0.833. The van der Waals surface area contributed by atoms with Crippen molar-refractivity contribution in [3.8, 4) is 0 Å². The van der Waals surface area contributed by atoms with E-state index in [4.69, 9.17) is 9.16 Å². The van der Waals surface area contributed by atoms with E-state index >= 15 is 0 Å². The van der Waals surface area contributed by atoms with Gasteiger partial charge < -0.3 is 9.16 Å². The summed E-state index contributed by atoms with van der Waals surface area (Å²) in [7, 11) is -1.66. The second-order valence-electron chi connectivity index (χ2n) is 11.7. The third-order valence-corrected chi connectivity index (χ3v) is 10.2. The van der Waals surface area contributed by atoms with E-state index in [1.54, 1.807) is 6.92 Å². The minimum atomic E-state index is -1.66. The number of rotatable bonds is 3. The Balaban J connectivity index is 1.51. The van der Waals surface area contributed by atoms with Gasteiger partial charge in [-0.15, -0.1) is 0 Å². The highest BCUT2D eigenvalue weighted by Gasteiger charge is 2.83. The molecule has 0 aromatic rings. The topological polar surface area (TPSA) is 52.6 Å². The summed E-state index contributed by atoms with van der Waals surface area (Å²) in [5.41, 5.74) is -0.0372. The number of carbonyl (C=O) groups is 2. The molecule has 5 rings (SSSR count). The van der Waals surface area contributed by atoms with Crippen LogP contribution < -0.4 is 0 Å². The lowest BCUT2D eigenvalue weighted by atomic mass is 9.51. The Morgan fingerprint density at radius 2 is 1.83 bits per heavy atom. The number of ketones is 1. The van der Waals surface area contributed by atoms with Gasteiger partial charge in [-0.05, 0) is 82.0 Å². The number of carbonyl (C=O) groups excluding carboxylic acids is 2. The van der Waals surface area contributed by atoms with Gasteiger partial charge >= 0.3 is 5.97 Å². The van der Waals surface area contributed by atoms with Crippen LogP contribution in [0.5, 0.6) is 0 Å². The predicted octanol–water partition coefficient (Wildman–Crippen LogP) is 5.24. The van der Waals surface area contributed by atoms with Crippen molar-refractivity contribution >= 4 is 20.1 Å². The van der Waals surface area contributed by atoms with E-state index in [1.165, 1.54) is 0 Å². The zero-order valence-electron chi connectivity index (χ0n) is 18.7. The summed E-state index contributed by atoms with van der Waals surface area (Å²) in [4.78, 5) is 24.7. The normalized spacial score (nSPS) is 47.9. The van der Waals surface area contributed by atoms with Crippen molar-refractivity contribution in [1.29, 1.82) is 0 Å². The maximum absolute atomic E-state index is 12.7. The quantitative estimate of drug-likeness (QED) is 0.466. The molecule has 4 fully saturated rings. The molecule has 0 N–H and O–H groups in total. The van der Waals surface area contributed by atoms with E-state index in [0.717, 1.165) is 57.1 Å². The third-order valence-electron chi connectivity index (χ3n) is 9.34. The van der Waals surface area contributed by atoms with Crippen LogP contribution in [0.25, 0.3) is 0 Å². The molecule has 0 radical (unpaired) electrons. The third kappa shape index (κ3) is 2.55. The van der Waals surface area contributed by atoms with Gasteiger partial charge in [0.25, 0.3) is 0 Å². The first-order valence-electron chi connectivity index (χ1n) is 11.6. The fourth-order valence-corrected chi connectivity index (χ4v) is 9.34. The van der Waals surface area contributed by atoms with Gasteiger partial charge in [-0.3, -0.25) is 9.59 Å². The van der Waals surface area contributed by atoms with Crippen LogP contribution in [0.2, 0.25) is 19.6 Å². The number of hydrogen-bond acceptors (Lipinski definition) is 4. The summed E-state index contributed by atoms with van der Waals surface area (Å²) >= 11 is 0. The van der Waals surface area contributed by atoms with Crippen molar-refractivity contribution in [2.24, 2.45) is 34.0 Å². The molecule has 0 unspecified atom stereocenters. The van der Waals surface area contributed by atoms with Crippen molar-refractivity contribution in [3.05, 3.63) is 11.8 Å². The maximum Gasteiger partial charge on any atom is 0.302 e. The summed E-state index contributed by atoms with van der Waals surface area (Å²) in [6, 6.07) is 0. The Morgan fingerprint density at radius 1 is 1.07 bits per heavy atom. The van der Waals surface area contributed by atoms with Crippen molar-refractivity contribution in [2.45, 2.75) is 91.0 Å². The molecule has 0 amide bonds. The molecule has 0 aliphatic heterocycles. The SMILES string of the molecule is CC(=O)O[C@@H]1[C@@]23CCC(O[Si](C)(C)C)=C[C@@]12CC[C@@H]1[C@@H]3CC[C@]2(C)C(=O)CC[C@@H]12. The molecule has 160 valence electrons. The van der Waals surface area contributed by atoms with Gasteiger partial charge in [0.15, 0.2) is 0 Å². The van der Waals surface area contributed by atoms with Crippen LogP contribution in [0.3, 0.4) is 0 Å². The molecule has 7 atom stereocenters. The van der Waals surface area contributed by atoms with Gasteiger partial charge in [0.1, 0.15) is 11.9 Å². The van der Waals surface area contributed by atoms with Crippen molar-refractivity contribution in [1.82, 2.24) is 0 Å². The van der Waals surface area contributed by atoms with Gasteiger partial charge in [-0.1, -0.05) is 6.92 Å². The second kappa shape index (κ2) is 5.99. The molecule has 0 aromatic carbocycles. The Bertz CT molecular complexity index is 797. The minimum Gasteiger partial charge on any atom is -0.548 e. The zero-order valence-corrected chi connectivity index (χ0v) is 19.7. The number of ether oxygens (including phenoxy) is 1. The van der Waals surface area contributed by atoms with Gasteiger partial charge in [0.2, 0.25) is 8.32 Å². The molecule has 5 heteroatoms. The van der Waals surface area contributed by atoms with E-state index in [9.17, 15) is 9.59 Å². The van der Waals surface area contributed by atoms with Crippen LogP contribution in [0, 0.1) is 34.0 Å². The van der Waals surface area contributed by atoms with Crippen LogP contribution in [0.15, 0.2) is 11.8 Å². The molecule has 5 aliphatic carbocycles. The molecule has 4 saturated carbocycles. The van der Waals surface area contributed by atoms with Crippen molar-refractivity contribution in [3.63, 3.8) is 0 Å². The van der Waals surface area contributed by atoms with E-state index in [0.29, 0.717) is 23.5 Å². The van der Waals surface area contributed by atoms with Crippen LogP contribution in [-0.2, 0) is 18.8 Å². The number of hydrogen-bond donors (Lipinski definition) is 0. The highest BCUT2D eigenvalue weighted by Crippen LogP contribution is 2.82. The van der Waals surface area contributed by atoms with Crippen molar-refractivity contribution in [2.75, 3.05) is 0 Å². The van der Waals surface area contributed by atoms with E-state index in [1.807, 2.05) is 0 Å². The standard InChI is InChI=1S/C24H36O4Si/c1-15(25)27-21-23-12-9-17-18-6-7-20(26)22(18,2)11-10-19(17)24(21,23)13-8-16(14-23)28-29(3,4)5/h14,17-19,21H,6-13H2,1-5H3/t17-,18-,19-,21-,22-,23-,24-/m0/s1. The van der Waals surface area contributed by atoms with E-state index in [2.05, 4.69) is 32.6 Å². The molecule has 0 bridgehead atoms. The Hall–Kier alpha value is -1.10. The highest BCUT2D eigenvalue weighted by molar-refractivity contribution is 6.70. The first-order chi connectivity index (χ1) is 13.5. The van der Waals surface area contributed by atoms with Crippen LogP contribution in [0.1, 0.15) is 65.2 Å². The van der Waals surface area contributed by atoms with Crippen LogP contribution in [-0.4, -0.2) is 26.2 Å². The van der Waals surface area contributed by atoms with Crippen molar-refractivity contribution < 1.29 is 18.8 Å². The lowest BCUT2D eigenvalue weighted by Crippen LogP contribution is -2.48. The largest absolute Gasteiger partial charge is 0.548 e. The predicted molar refractivity (Wildman–Crippen MR) is 113 cm³/mol.